The van der Waals surface area contributed by atoms with Gasteiger partial charge in [0.25, 0.3) is 0 Å². The Bertz CT molecular complexity index is 750. The maximum Gasteiger partial charge on any atom is 0.239 e. The van der Waals surface area contributed by atoms with Gasteiger partial charge in [0.15, 0.2) is 0 Å². The van der Waals surface area contributed by atoms with Crippen LogP contribution >= 0.6 is 0 Å². The van der Waals surface area contributed by atoms with Crippen molar-refractivity contribution >= 4 is 17.5 Å². The van der Waals surface area contributed by atoms with Crippen molar-refractivity contribution in [1.29, 1.82) is 0 Å². The molecular weight excluding hydrogens is 352 g/mol. The monoisotopic (exact) mass is 384 g/mol. The predicted octanol–water partition coefficient (Wildman–Crippen LogP) is 1.64. The first-order chi connectivity index (χ1) is 13.5. The molecule has 2 fully saturated rings. The van der Waals surface area contributed by atoms with E-state index in [2.05, 4.69) is 42.1 Å². The van der Waals surface area contributed by atoms with Crippen molar-refractivity contribution in [1.82, 2.24) is 15.1 Å². The minimum Gasteiger partial charge on any atom is -0.353 e. The summed E-state index contributed by atoms with van der Waals surface area (Å²) in [4.78, 5) is 32.2. The number of amides is 2. The lowest BCUT2D eigenvalue weighted by molar-refractivity contribution is -0.126. The Kier molecular flexibility index (Phi) is 5.43. The van der Waals surface area contributed by atoms with E-state index in [-0.39, 0.29) is 29.9 Å². The maximum absolute atomic E-state index is 12.9. The van der Waals surface area contributed by atoms with Crippen molar-refractivity contribution in [3.05, 3.63) is 29.8 Å². The van der Waals surface area contributed by atoms with Crippen LogP contribution in [0.15, 0.2) is 24.3 Å². The summed E-state index contributed by atoms with van der Waals surface area (Å²) in [7, 11) is 2.13. The molecule has 2 saturated heterocycles. The van der Waals surface area contributed by atoms with E-state index in [4.69, 9.17) is 0 Å². The molecule has 0 aliphatic carbocycles. The Labute approximate surface area is 167 Å². The van der Waals surface area contributed by atoms with Crippen LogP contribution in [0.2, 0.25) is 0 Å². The third-order valence-corrected chi connectivity index (χ3v) is 6.83. The lowest BCUT2D eigenvalue weighted by Crippen LogP contribution is -2.51. The molecular formula is C22H32N4O2. The molecule has 1 N–H and O–H groups in total. The van der Waals surface area contributed by atoms with Gasteiger partial charge in [-0.25, -0.2) is 0 Å². The van der Waals surface area contributed by atoms with Crippen LogP contribution < -0.4 is 10.2 Å². The smallest absolute Gasteiger partial charge is 0.239 e. The molecule has 4 rings (SSSR count). The van der Waals surface area contributed by atoms with Crippen molar-refractivity contribution in [3.8, 4) is 0 Å². The zero-order valence-electron chi connectivity index (χ0n) is 17.2. The van der Waals surface area contributed by atoms with Crippen LogP contribution in [0.3, 0.4) is 0 Å². The van der Waals surface area contributed by atoms with Crippen molar-refractivity contribution in [2.45, 2.75) is 63.7 Å². The highest BCUT2D eigenvalue weighted by Gasteiger charge is 2.45. The fourth-order valence-electron chi connectivity index (χ4n) is 5.20. The van der Waals surface area contributed by atoms with Crippen LogP contribution in [0.4, 0.5) is 5.69 Å². The van der Waals surface area contributed by atoms with E-state index >= 15 is 0 Å². The van der Waals surface area contributed by atoms with E-state index in [1.54, 1.807) is 0 Å². The molecule has 1 aromatic rings. The standard InChI is InChI=1S/C22H32N4O2/c1-15(2)25-13-11-19-21(25)22(28)23-14-17(24(19)3)8-9-20(27)26-12-10-16-6-4-5-7-18(16)26/h4-7,15,17,19,21H,8-14H2,1-3H3,(H,23,28)/t17-,19-,21-/m0/s1. The number of rotatable bonds is 4. The number of carbonyl (C=O) groups is 2. The van der Waals surface area contributed by atoms with Crippen LogP contribution in [0.5, 0.6) is 0 Å². The zero-order valence-corrected chi connectivity index (χ0v) is 17.2. The predicted molar refractivity (Wildman–Crippen MR) is 110 cm³/mol. The molecule has 1 aromatic carbocycles. The van der Waals surface area contributed by atoms with Gasteiger partial charge in [-0.15, -0.1) is 0 Å². The van der Waals surface area contributed by atoms with Gasteiger partial charge in [-0.05, 0) is 51.8 Å². The normalized spacial score (nSPS) is 28.2. The average Bonchev–Trinajstić information content (AvgIpc) is 3.29. The molecule has 0 spiro atoms. The second kappa shape index (κ2) is 7.84. The van der Waals surface area contributed by atoms with Crippen LogP contribution in [-0.4, -0.2) is 72.5 Å². The van der Waals surface area contributed by atoms with E-state index in [0.717, 1.165) is 38.0 Å². The molecule has 28 heavy (non-hydrogen) atoms. The Morgan fingerprint density at radius 3 is 2.82 bits per heavy atom. The van der Waals surface area contributed by atoms with Crippen LogP contribution in [0.1, 0.15) is 38.7 Å². The van der Waals surface area contributed by atoms with Gasteiger partial charge in [0, 0.05) is 49.9 Å². The molecule has 0 saturated carbocycles. The molecule has 3 aliphatic rings. The van der Waals surface area contributed by atoms with Crippen molar-refractivity contribution in [2.24, 2.45) is 0 Å². The molecule has 3 aliphatic heterocycles. The highest BCUT2D eigenvalue weighted by molar-refractivity contribution is 5.95. The van der Waals surface area contributed by atoms with Crippen molar-refractivity contribution < 1.29 is 9.59 Å². The van der Waals surface area contributed by atoms with Gasteiger partial charge >= 0.3 is 0 Å². The summed E-state index contributed by atoms with van der Waals surface area (Å²) in [6, 6.07) is 8.91. The summed E-state index contributed by atoms with van der Waals surface area (Å²) in [5, 5.41) is 3.14. The van der Waals surface area contributed by atoms with Gasteiger partial charge < -0.3 is 10.2 Å². The first kappa shape index (κ1) is 19.4. The van der Waals surface area contributed by atoms with Crippen molar-refractivity contribution in [3.63, 3.8) is 0 Å². The summed E-state index contributed by atoms with van der Waals surface area (Å²) < 4.78 is 0. The first-order valence-corrected chi connectivity index (χ1v) is 10.6. The molecule has 0 aromatic heterocycles. The van der Waals surface area contributed by atoms with E-state index in [1.165, 1.54) is 5.56 Å². The molecule has 0 unspecified atom stereocenters. The number of fused-ring (bicyclic) bond motifs is 2. The highest BCUT2D eigenvalue weighted by atomic mass is 16.2. The fourth-order valence-corrected chi connectivity index (χ4v) is 5.20. The second-order valence-corrected chi connectivity index (χ2v) is 8.66. The Morgan fingerprint density at radius 1 is 1.25 bits per heavy atom. The molecule has 6 nitrogen and oxygen atoms in total. The lowest BCUT2D eigenvalue weighted by Gasteiger charge is -2.34. The first-order valence-electron chi connectivity index (χ1n) is 10.6. The van der Waals surface area contributed by atoms with E-state index in [1.807, 2.05) is 23.1 Å². The third-order valence-electron chi connectivity index (χ3n) is 6.83. The number of hydrogen-bond acceptors (Lipinski definition) is 4. The van der Waals surface area contributed by atoms with Gasteiger partial charge in [0.1, 0.15) is 6.04 Å². The molecule has 2 amide bonds. The largest absolute Gasteiger partial charge is 0.353 e. The SMILES string of the molecule is CC(C)N1CC[C@H]2[C@H]1C(=O)NC[C@H](CCC(=O)N1CCc3ccccc31)N2C. The van der Waals surface area contributed by atoms with Crippen LogP contribution in [0.25, 0.3) is 0 Å². The molecule has 3 atom stereocenters. The van der Waals surface area contributed by atoms with Crippen LogP contribution in [0, 0.1) is 0 Å². The second-order valence-electron chi connectivity index (χ2n) is 8.66. The van der Waals surface area contributed by atoms with E-state index < -0.39 is 0 Å². The summed E-state index contributed by atoms with van der Waals surface area (Å²) >= 11 is 0. The number of hydrogen-bond donors (Lipinski definition) is 1. The molecule has 3 heterocycles. The number of likely N-dealkylation sites (N-methyl/N-ethyl adjacent to an activating group) is 1. The number of carbonyl (C=O) groups excluding carboxylic acids is 2. The number of likely N-dealkylation sites (tertiary alicyclic amines) is 1. The summed E-state index contributed by atoms with van der Waals surface area (Å²) in [5.74, 6) is 0.339. The quantitative estimate of drug-likeness (QED) is 0.858. The highest BCUT2D eigenvalue weighted by Crippen LogP contribution is 2.30. The molecule has 0 bridgehead atoms. The van der Waals surface area contributed by atoms with Gasteiger partial charge in [-0.2, -0.15) is 0 Å². The van der Waals surface area contributed by atoms with Gasteiger partial charge in [-0.1, -0.05) is 18.2 Å². The molecule has 152 valence electrons. The van der Waals surface area contributed by atoms with Gasteiger partial charge in [-0.3, -0.25) is 19.4 Å². The molecule has 6 heteroatoms. The minimum absolute atomic E-state index is 0.0730. The topological polar surface area (TPSA) is 55.9 Å². The number of benzene rings is 1. The summed E-state index contributed by atoms with van der Waals surface area (Å²) in [5.41, 5.74) is 2.33. The van der Waals surface area contributed by atoms with Gasteiger partial charge in [0.2, 0.25) is 11.8 Å². The zero-order chi connectivity index (χ0) is 19.8. The van der Waals surface area contributed by atoms with Crippen LogP contribution in [-0.2, 0) is 16.0 Å². The number of anilines is 1. The minimum atomic E-state index is -0.0730. The summed E-state index contributed by atoms with van der Waals surface area (Å²) in [6.07, 6.45) is 3.25. The Balaban J connectivity index is 1.40. The lowest BCUT2D eigenvalue weighted by atomic mass is 10.0. The number of nitrogens with one attached hydrogen (secondary N) is 1. The number of para-hydroxylation sites is 1. The Hall–Kier alpha value is -1.92. The van der Waals surface area contributed by atoms with Gasteiger partial charge in [0.05, 0.1) is 0 Å². The molecule has 0 radical (unpaired) electrons. The average molecular weight is 385 g/mol. The maximum atomic E-state index is 12.9. The summed E-state index contributed by atoms with van der Waals surface area (Å²) in [6.45, 7) is 6.68. The van der Waals surface area contributed by atoms with E-state index in [0.29, 0.717) is 19.0 Å². The Morgan fingerprint density at radius 2 is 2.04 bits per heavy atom. The number of nitrogens with zero attached hydrogens (tertiary/aromatic N) is 3. The van der Waals surface area contributed by atoms with E-state index in [9.17, 15) is 9.59 Å². The fraction of sp³-hybridized carbons (Fsp3) is 0.636. The third kappa shape index (κ3) is 3.44. The van der Waals surface area contributed by atoms with Crippen molar-refractivity contribution in [2.75, 3.05) is 31.6 Å².